The fourth-order valence-electron chi connectivity index (χ4n) is 4.79. The first-order chi connectivity index (χ1) is 14.1. The van der Waals surface area contributed by atoms with Crippen LogP contribution in [0.15, 0.2) is 6.07 Å². The summed E-state index contributed by atoms with van der Waals surface area (Å²) in [5.41, 5.74) is -1.03. The molecule has 2 atom stereocenters. The average molecular weight is 420 g/mol. The number of hydrogen-bond donors (Lipinski definition) is 1. The van der Waals surface area contributed by atoms with Gasteiger partial charge in [-0.15, -0.1) is 0 Å². The highest BCUT2D eigenvalue weighted by Crippen LogP contribution is 2.51. The highest BCUT2D eigenvalue weighted by atomic mass is 19.1. The highest BCUT2D eigenvalue weighted by molar-refractivity contribution is 6.12. The number of carboxylic acid groups (broad SMARTS) is 1. The summed E-state index contributed by atoms with van der Waals surface area (Å²) < 4.78 is 30.5. The van der Waals surface area contributed by atoms with E-state index in [0.717, 1.165) is 17.7 Å². The number of likely N-dealkylation sites (tertiary alicyclic amines) is 1. The van der Waals surface area contributed by atoms with Crippen molar-refractivity contribution in [3.05, 3.63) is 28.8 Å². The van der Waals surface area contributed by atoms with Crippen molar-refractivity contribution in [2.45, 2.75) is 76.3 Å². The molecule has 1 aliphatic carbocycles. The van der Waals surface area contributed by atoms with Crippen LogP contribution in [0.1, 0.15) is 69.9 Å². The summed E-state index contributed by atoms with van der Waals surface area (Å²) >= 11 is 0. The second-order valence-electron chi connectivity index (χ2n) is 9.18. The third-order valence-electron chi connectivity index (χ3n) is 6.69. The van der Waals surface area contributed by atoms with E-state index in [9.17, 15) is 14.4 Å². The molecule has 2 aliphatic heterocycles. The van der Waals surface area contributed by atoms with Gasteiger partial charge in [-0.05, 0) is 64.0 Å². The highest BCUT2D eigenvalue weighted by Gasteiger charge is 2.54. The fourth-order valence-corrected chi connectivity index (χ4v) is 4.79. The van der Waals surface area contributed by atoms with Crippen LogP contribution in [0.5, 0.6) is 0 Å². The molecule has 0 radical (unpaired) electrons. The molecule has 1 N–H and O–H groups in total. The first-order valence-electron chi connectivity index (χ1n) is 10.4. The quantitative estimate of drug-likeness (QED) is 0.766. The van der Waals surface area contributed by atoms with Crippen LogP contribution in [0.2, 0.25) is 0 Å². The van der Waals surface area contributed by atoms with E-state index in [2.05, 4.69) is 0 Å². The van der Waals surface area contributed by atoms with Crippen molar-refractivity contribution in [2.75, 3.05) is 11.4 Å². The summed E-state index contributed by atoms with van der Waals surface area (Å²) in [6.45, 7) is 5.24. The Kier molecular flexibility index (Phi) is 4.86. The van der Waals surface area contributed by atoms with Crippen molar-refractivity contribution in [2.24, 2.45) is 0 Å². The molecule has 8 heteroatoms. The number of anilines is 1. The molecule has 30 heavy (non-hydrogen) atoms. The Bertz CT molecular complexity index is 942. The van der Waals surface area contributed by atoms with Gasteiger partial charge in [-0.25, -0.2) is 8.78 Å². The molecule has 0 bridgehead atoms. The minimum atomic E-state index is -1.27. The van der Waals surface area contributed by atoms with Crippen LogP contribution in [0.25, 0.3) is 0 Å². The summed E-state index contributed by atoms with van der Waals surface area (Å²) in [6.07, 6.45) is 2.12. The Morgan fingerprint density at radius 3 is 2.53 bits per heavy atom. The molecule has 1 aromatic carbocycles. The van der Waals surface area contributed by atoms with Crippen LogP contribution in [-0.2, 0) is 19.8 Å². The Hall–Kier alpha value is -2.51. The van der Waals surface area contributed by atoms with Crippen molar-refractivity contribution < 1.29 is 28.3 Å². The molecule has 0 aromatic heterocycles. The number of nitrogens with zero attached hydrogens (tertiary/aromatic N) is 2. The van der Waals surface area contributed by atoms with Crippen molar-refractivity contribution in [1.82, 2.24) is 4.90 Å². The molecule has 1 saturated carbocycles. The van der Waals surface area contributed by atoms with E-state index in [0.29, 0.717) is 18.5 Å². The zero-order valence-electron chi connectivity index (χ0n) is 17.4. The van der Waals surface area contributed by atoms with E-state index in [-0.39, 0.29) is 42.0 Å². The Morgan fingerprint density at radius 2 is 1.93 bits per heavy atom. The number of hydrogen-bond acceptors (Lipinski definition) is 3. The van der Waals surface area contributed by atoms with Crippen LogP contribution in [0.4, 0.5) is 14.5 Å². The van der Waals surface area contributed by atoms with E-state index in [1.165, 1.54) is 6.07 Å². The van der Waals surface area contributed by atoms with Crippen molar-refractivity contribution in [3.63, 3.8) is 0 Å². The van der Waals surface area contributed by atoms with E-state index >= 15 is 8.78 Å². The van der Waals surface area contributed by atoms with Gasteiger partial charge in [0.25, 0.3) is 0 Å². The van der Waals surface area contributed by atoms with Gasteiger partial charge in [0.15, 0.2) is 0 Å². The zero-order chi connectivity index (χ0) is 22.0. The minimum Gasteiger partial charge on any atom is -0.481 e. The van der Waals surface area contributed by atoms with Gasteiger partial charge in [-0.3, -0.25) is 19.3 Å². The van der Waals surface area contributed by atoms with Gasteiger partial charge in [0.1, 0.15) is 17.7 Å². The van der Waals surface area contributed by atoms with Gasteiger partial charge >= 0.3 is 5.97 Å². The molecule has 1 saturated heterocycles. The smallest absolute Gasteiger partial charge is 0.303 e. The molecule has 4 rings (SSSR count). The predicted octanol–water partition coefficient (Wildman–Crippen LogP) is 3.32. The summed E-state index contributed by atoms with van der Waals surface area (Å²) in [4.78, 5) is 39.9. The number of carbonyl (C=O) groups is 3. The zero-order valence-corrected chi connectivity index (χ0v) is 17.4. The van der Waals surface area contributed by atoms with Crippen molar-refractivity contribution >= 4 is 23.5 Å². The number of carbonyl (C=O) groups excluding carboxylic acids is 2. The molecule has 0 spiro atoms. The normalized spacial score (nSPS) is 23.8. The van der Waals surface area contributed by atoms with E-state index < -0.39 is 35.0 Å². The molecular formula is C22H26F2N2O4. The van der Waals surface area contributed by atoms with E-state index in [1.54, 1.807) is 25.7 Å². The summed E-state index contributed by atoms with van der Waals surface area (Å²) in [5.74, 6) is -3.00. The third kappa shape index (κ3) is 3.08. The van der Waals surface area contributed by atoms with Gasteiger partial charge in [0.2, 0.25) is 11.8 Å². The molecule has 2 heterocycles. The molecular weight excluding hydrogens is 394 g/mol. The Morgan fingerprint density at radius 1 is 1.27 bits per heavy atom. The molecule has 2 amide bonds. The number of fused-ring (bicyclic) bond motifs is 1. The largest absolute Gasteiger partial charge is 0.481 e. The van der Waals surface area contributed by atoms with Gasteiger partial charge in [-0.1, -0.05) is 0 Å². The number of halogens is 2. The second-order valence-corrected chi connectivity index (χ2v) is 9.18. The van der Waals surface area contributed by atoms with Crippen LogP contribution < -0.4 is 4.90 Å². The number of rotatable bonds is 6. The maximum atomic E-state index is 15.4. The Labute approximate surface area is 173 Å². The molecule has 2 fully saturated rings. The molecule has 1 aromatic rings. The van der Waals surface area contributed by atoms with Crippen molar-refractivity contribution in [1.29, 1.82) is 0 Å². The molecule has 3 aliphatic rings. The third-order valence-corrected chi connectivity index (χ3v) is 6.69. The van der Waals surface area contributed by atoms with E-state index in [4.69, 9.17) is 5.11 Å². The van der Waals surface area contributed by atoms with E-state index in [1.807, 2.05) is 0 Å². The molecule has 6 nitrogen and oxygen atoms in total. The number of amides is 2. The van der Waals surface area contributed by atoms with Crippen LogP contribution in [0, 0.1) is 11.6 Å². The molecule has 162 valence electrons. The number of carboxylic acids is 1. The lowest BCUT2D eigenvalue weighted by Gasteiger charge is -2.28. The lowest BCUT2D eigenvalue weighted by molar-refractivity contribution is -0.138. The van der Waals surface area contributed by atoms with Crippen LogP contribution >= 0.6 is 0 Å². The summed E-state index contributed by atoms with van der Waals surface area (Å²) in [5, 5.41) is 8.89. The SMILES string of the molecule is C[C@@H](CCC(=O)O)N1CC[C@H](N2C(=O)C(C)(C)c3c(F)c(C4CC4)cc(F)c32)C1=O. The second kappa shape index (κ2) is 7.03. The maximum Gasteiger partial charge on any atom is 0.303 e. The van der Waals surface area contributed by atoms with Gasteiger partial charge < -0.3 is 10.0 Å². The lowest BCUT2D eigenvalue weighted by atomic mass is 9.84. The standard InChI is InChI=1S/C22H26F2N2O4/c1-11(4-7-16(27)28)25-9-8-15(20(25)29)26-19-14(23)10-13(12-5-6-12)18(24)17(19)22(2,3)21(26)30/h10-12,15H,4-9H2,1-3H3,(H,27,28)/t11-,15-/m0/s1. The molecule has 0 unspecified atom stereocenters. The average Bonchev–Trinajstić information content (AvgIpc) is 3.41. The van der Waals surface area contributed by atoms with Crippen LogP contribution in [-0.4, -0.2) is 46.4 Å². The topological polar surface area (TPSA) is 77.9 Å². The van der Waals surface area contributed by atoms with Crippen LogP contribution in [0.3, 0.4) is 0 Å². The lowest BCUT2D eigenvalue weighted by Crippen LogP contribution is -2.48. The fraction of sp³-hybridized carbons (Fsp3) is 0.591. The maximum absolute atomic E-state index is 15.4. The summed E-state index contributed by atoms with van der Waals surface area (Å²) in [6, 6.07) is -0.0474. The van der Waals surface area contributed by atoms with Gasteiger partial charge in [-0.2, -0.15) is 0 Å². The minimum absolute atomic E-state index is 0.0107. The number of benzene rings is 1. The first-order valence-corrected chi connectivity index (χ1v) is 10.4. The first kappa shape index (κ1) is 20.8. The van der Waals surface area contributed by atoms with Crippen molar-refractivity contribution in [3.8, 4) is 0 Å². The predicted molar refractivity (Wildman–Crippen MR) is 105 cm³/mol. The monoisotopic (exact) mass is 420 g/mol. The van der Waals surface area contributed by atoms with Gasteiger partial charge in [0, 0.05) is 24.6 Å². The van der Waals surface area contributed by atoms with Gasteiger partial charge in [0.05, 0.1) is 11.1 Å². The number of aliphatic carboxylic acids is 1. The Balaban J connectivity index is 1.68. The summed E-state index contributed by atoms with van der Waals surface area (Å²) in [7, 11) is 0.